The molecule has 1 aliphatic rings. The van der Waals surface area contributed by atoms with Gasteiger partial charge in [-0.15, -0.1) is 0 Å². The number of benzene rings is 1. The van der Waals surface area contributed by atoms with Crippen LogP contribution >= 0.6 is 0 Å². The molecule has 2 N–H and O–H groups in total. The third-order valence-corrected chi connectivity index (χ3v) is 3.08. The van der Waals surface area contributed by atoms with Gasteiger partial charge < -0.3 is 19.7 Å². The number of hydrogen-bond donors (Lipinski definition) is 2. The van der Waals surface area contributed by atoms with E-state index < -0.39 is 24.8 Å². The first-order valence-corrected chi connectivity index (χ1v) is 6.54. The highest BCUT2D eigenvalue weighted by Crippen LogP contribution is 2.32. The minimum Gasteiger partial charge on any atom is -0.534 e. The minimum atomic E-state index is -1.36. The fraction of sp³-hybridized carbons (Fsp3) is 0.385. The van der Waals surface area contributed by atoms with Gasteiger partial charge >= 0.3 is 13.1 Å². The molecule has 1 amide bonds. The summed E-state index contributed by atoms with van der Waals surface area (Å²) in [4.78, 5) is 22.9. The van der Waals surface area contributed by atoms with Gasteiger partial charge in [-0.2, -0.15) is 0 Å². The van der Waals surface area contributed by atoms with Crippen molar-refractivity contribution in [1.82, 2.24) is 5.32 Å². The van der Waals surface area contributed by atoms with Crippen LogP contribution in [0.3, 0.4) is 0 Å². The van der Waals surface area contributed by atoms with E-state index in [0.29, 0.717) is 5.56 Å². The molecular weight excluding hydrogens is 280 g/mol. The largest absolute Gasteiger partial charge is 0.547 e. The summed E-state index contributed by atoms with van der Waals surface area (Å²) in [5, 5.41) is 12.4. The summed E-state index contributed by atoms with van der Waals surface area (Å²) in [6, 6.07) is 2.59. The van der Waals surface area contributed by atoms with Gasteiger partial charge in [0.1, 0.15) is 17.1 Å². The molecule has 21 heavy (non-hydrogen) atoms. The van der Waals surface area contributed by atoms with Crippen molar-refractivity contribution in [1.29, 1.82) is 0 Å². The molecule has 1 heterocycles. The van der Waals surface area contributed by atoms with E-state index in [-0.39, 0.29) is 30.2 Å². The Balaban J connectivity index is 2.37. The highest BCUT2D eigenvalue weighted by molar-refractivity contribution is 6.47. The molecule has 0 bridgehead atoms. The second-order valence-corrected chi connectivity index (χ2v) is 4.65. The van der Waals surface area contributed by atoms with Crippen LogP contribution in [-0.4, -0.2) is 36.6 Å². The molecule has 1 aromatic rings. The molecule has 1 aliphatic heterocycles. The van der Waals surface area contributed by atoms with Crippen molar-refractivity contribution in [3.8, 4) is 5.75 Å². The van der Waals surface area contributed by atoms with Crippen LogP contribution in [0.2, 0.25) is 0 Å². The Morgan fingerprint density at radius 3 is 2.90 bits per heavy atom. The fourth-order valence-electron chi connectivity index (χ4n) is 2.21. The van der Waals surface area contributed by atoms with E-state index in [0.717, 1.165) is 6.07 Å². The van der Waals surface area contributed by atoms with Crippen molar-refractivity contribution in [2.45, 2.75) is 26.2 Å². The lowest BCUT2D eigenvalue weighted by Gasteiger charge is -2.28. The molecule has 0 unspecified atom stereocenters. The number of hydrogen-bond acceptors (Lipinski definition) is 5. The Morgan fingerprint density at radius 1 is 1.57 bits per heavy atom. The van der Waals surface area contributed by atoms with Crippen molar-refractivity contribution in [2.75, 3.05) is 6.61 Å². The lowest BCUT2D eigenvalue weighted by atomic mass is 9.72. The smallest absolute Gasteiger partial charge is 0.534 e. The standard InChI is InChI=1S/C13H15BFNO5/c1-3-20-13(18)11-9(15)5-4-8-6-10(16-7(2)17)14(19)21-12(8)11/h4-5,10,19H,3,6H2,1-2H3,(H,16,17)/t10-/m0/s1. The van der Waals surface area contributed by atoms with E-state index in [1.54, 1.807) is 6.92 Å². The number of esters is 1. The predicted molar refractivity (Wildman–Crippen MR) is 72.3 cm³/mol. The van der Waals surface area contributed by atoms with Crippen molar-refractivity contribution >= 4 is 19.0 Å². The van der Waals surface area contributed by atoms with Gasteiger partial charge in [-0.1, -0.05) is 6.07 Å². The van der Waals surface area contributed by atoms with Crippen molar-refractivity contribution in [3.63, 3.8) is 0 Å². The number of carbonyl (C=O) groups is 2. The summed E-state index contributed by atoms with van der Waals surface area (Å²) >= 11 is 0. The maximum absolute atomic E-state index is 13.9. The second-order valence-electron chi connectivity index (χ2n) is 4.65. The van der Waals surface area contributed by atoms with Crippen LogP contribution in [-0.2, 0) is 16.0 Å². The van der Waals surface area contributed by atoms with E-state index in [2.05, 4.69) is 5.32 Å². The molecule has 6 nitrogen and oxygen atoms in total. The molecule has 0 aromatic heterocycles. The number of carbonyl (C=O) groups excluding carboxylic acids is 2. The Labute approximate surface area is 121 Å². The quantitative estimate of drug-likeness (QED) is 0.625. The SMILES string of the molecule is CCOC(=O)c1c(F)ccc2c1OB(O)[C@@H](NC(C)=O)C2. The summed E-state index contributed by atoms with van der Waals surface area (Å²) < 4.78 is 23.9. The lowest BCUT2D eigenvalue weighted by molar-refractivity contribution is -0.119. The zero-order chi connectivity index (χ0) is 15.6. The van der Waals surface area contributed by atoms with Crippen LogP contribution in [0.1, 0.15) is 29.8 Å². The Morgan fingerprint density at radius 2 is 2.29 bits per heavy atom. The van der Waals surface area contributed by atoms with Crippen LogP contribution in [0.25, 0.3) is 0 Å². The van der Waals surface area contributed by atoms with E-state index in [9.17, 15) is 19.0 Å². The van der Waals surface area contributed by atoms with Crippen LogP contribution in [0.15, 0.2) is 12.1 Å². The summed E-state index contributed by atoms with van der Waals surface area (Å²) in [6.07, 6.45) is 0.225. The topological polar surface area (TPSA) is 84.9 Å². The van der Waals surface area contributed by atoms with E-state index >= 15 is 0 Å². The molecule has 0 saturated carbocycles. The third kappa shape index (κ3) is 3.16. The highest BCUT2D eigenvalue weighted by atomic mass is 19.1. The van der Waals surface area contributed by atoms with E-state index in [4.69, 9.17) is 9.39 Å². The van der Waals surface area contributed by atoms with Crippen molar-refractivity contribution in [2.24, 2.45) is 0 Å². The van der Waals surface area contributed by atoms with Gasteiger partial charge in [-0.05, 0) is 25.0 Å². The number of nitrogens with one attached hydrogen (secondary N) is 1. The lowest BCUT2D eigenvalue weighted by Crippen LogP contribution is -2.52. The van der Waals surface area contributed by atoms with Crippen LogP contribution in [0.4, 0.5) is 4.39 Å². The predicted octanol–water partition coefficient (Wildman–Crippen LogP) is 0.462. The zero-order valence-corrected chi connectivity index (χ0v) is 11.7. The van der Waals surface area contributed by atoms with Gasteiger partial charge in [0, 0.05) is 6.92 Å². The average molecular weight is 295 g/mol. The van der Waals surface area contributed by atoms with Gasteiger partial charge in [0.05, 0.1) is 12.5 Å². The number of rotatable bonds is 3. The molecule has 8 heteroatoms. The summed E-state index contributed by atoms with van der Waals surface area (Å²) in [5.74, 6) is -2.65. The van der Waals surface area contributed by atoms with Crippen molar-refractivity contribution < 1.29 is 28.4 Å². The molecule has 0 fully saturated rings. The third-order valence-electron chi connectivity index (χ3n) is 3.08. The maximum atomic E-state index is 13.9. The zero-order valence-electron chi connectivity index (χ0n) is 11.7. The molecule has 1 aromatic carbocycles. The molecule has 0 radical (unpaired) electrons. The first-order valence-electron chi connectivity index (χ1n) is 6.54. The molecule has 1 atom stereocenters. The number of fused-ring (bicyclic) bond motifs is 1. The van der Waals surface area contributed by atoms with Gasteiger partial charge in [0.25, 0.3) is 0 Å². The second kappa shape index (κ2) is 6.13. The molecule has 0 spiro atoms. The summed E-state index contributed by atoms with van der Waals surface area (Å²) in [7, 11) is -1.36. The number of amides is 1. The molecule has 112 valence electrons. The van der Waals surface area contributed by atoms with Crippen LogP contribution in [0.5, 0.6) is 5.75 Å². The van der Waals surface area contributed by atoms with E-state index in [1.165, 1.54) is 13.0 Å². The Kier molecular flexibility index (Phi) is 4.47. The number of halogens is 1. The average Bonchev–Trinajstić information content (AvgIpc) is 2.39. The molecule has 2 rings (SSSR count). The van der Waals surface area contributed by atoms with Gasteiger partial charge in [0.15, 0.2) is 0 Å². The van der Waals surface area contributed by atoms with Gasteiger partial charge in [-0.3, -0.25) is 4.79 Å². The van der Waals surface area contributed by atoms with Gasteiger partial charge in [0.2, 0.25) is 5.91 Å². The summed E-state index contributed by atoms with van der Waals surface area (Å²) in [6.45, 7) is 3.02. The monoisotopic (exact) mass is 295 g/mol. The molecular formula is C13H15BFNO5. The first-order chi connectivity index (χ1) is 9.93. The van der Waals surface area contributed by atoms with Crippen LogP contribution in [0, 0.1) is 5.82 Å². The maximum Gasteiger partial charge on any atom is 0.547 e. The van der Waals surface area contributed by atoms with Gasteiger partial charge in [-0.25, -0.2) is 9.18 Å². The first kappa shape index (κ1) is 15.3. The normalized spacial score (nSPS) is 16.8. The Bertz CT molecular complexity index is 580. The van der Waals surface area contributed by atoms with Crippen molar-refractivity contribution in [3.05, 3.63) is 29.1 Å². The minimum absolute atomic E-state index is 0.0393. The molecule has 0 saturated heterocycles. The fourth-order valence-corrected chi connectivity index (χ4v) is 2.21. The molecule has 0 aliphatic carbocycles. The van der Waals surface area contributed by atoms with Crippen LogP contribution < -0.4 is 9.97 Å². The summed E-state index contributed by atoms with van der Waals surface area (Å²) in [5.41, 5.74) is 0.179. The highest BCUT2D eigenvalue weighted by Gasteiger charge is 2.38. The Hall–Kier alpha value is -2.09. The van der Waals surface area contributed by atoms with E-state index in [1.807, 2.05) is 0 Å². The number of ether oxygens (including phenoxy) is 1.